The van der Waals surface area contributed by atoms with Crippen LogP contribution in [0.1, 0.15) is 32.6 Å². The van der Waals surface area contributed by atoms with Crippen LogP contribution >= 0.6 is 0 Å². The topological polar surface area (TPSA) is 95.9 Å². The molecule has 0 radical (unpaired) electrons. The molecule has 0 atom stereocenters. The van der Waals surface area contributed by atoms with Crippen LogP contribution in [0, 0.1) is 5.92 Å². The number of benzene rings is 1. The summed E-state index contributed by atoms with van der Waals surface area (Å²) in [5.74, 6) is 0.299. The first kappa shape index (κ1) is 19.1. The number of sulfonamides is 1. The van der Waals surface area contributed by atoms with Crippen LogP contribution in [0.5, 0.6) is 5.75 Å². The first-order valence-electron chi connectivity index (χ1n) is 9.08. The lowest BCUT2D eigenvalue weighted by molar-refractivity contribution is -0.139. The Hall–Kier alpha value is -1.64. The van der Waals surface area contributed by atoms with Crippen molar-refractivity contribution in [2.45, 2.75) is 49.6 Å². The van der Waals surface area contributed by atoms with E-state index in [-0.39, 0.29) is 23.5 Å². The summed E-state index contributed by atoms with van der Waals surface area (Å²) < 4.78 is 33.2. The number of carboxylic acid groups (broad SMARTS) is 1. The number of hydrogen-bond donors (Lipinski definition) is 2. The van der Waals surface area contributed by atoms with E-state index in [2.05, 4.69) is 4.72 Å². The lowest BCUT2D eigenvalue weighted by Crippen LogP contribution is -2.55. The van der Waals surface area contributed by atoms with Gasteiger partial charge in [0.05, 0.1) is 18.0 Å². The molecule has 2 saturated carbocycles. The predicted molar refractivity (Wildman–Crippen MR) is 96.7 cm³/mol. The molecule has 2 fully saturated rings. The first-order valence-corrected chi connectivity index (χ1v) is 10.6. The molecule has 8 heteroatoms. The number of nitrogens with one attached hydrogen (secondary N) is 1. The highest BCUT2D eigenvalue weighted by Crippen LogP contribution is 2.34. The number of nitrogens with zero attached hydrogens (tertiary/aromatic N) is 1. The van der Waals surface area contributed by atoms with Crippen LogP contribution in [0.25, 0.3) is 0 Å². The molecule has 2 aliphatic rings. The monoisotopic (exact) mass is 382 g/mol. The number of hydrogen-bond acceptors (Lipinski definition) is 5. The average molecular weight is 382 g/mol. The third-order valence-electron chi connectivity index (χ3n) is 4.91. The summed E-state index contributed by atoms with van der Waals surface area (Å²) in [5.41, 5.74) is 0. The maximum atomic E-state index is 12.6. The highest BCUT2D eigenvalue weighted by molar-refractivity contribution is 7.89. The molecule has 3 rings (SSSR count). The Balaban J connectivity index is 1.56. The van der Waals surface area contributed by atoms with Gasteiger partial charge in [0.1, 0.15) is 5.75 Å². The molecular formula is C18H26N2O5S. The van der Waals surface area contributed by atoms with Gasteiger partial charge in [0.25, 0.3) is 0 Å². The van der Waals surface area contributed by atoms with Gasteiger partial charge < -0.3 is 9.84 Å². The van der Waals surface area contributed by atoms with E-state index in [9.17, 15) is 13.2 Å². The van der Waals surface area contributed by atoms with Gasteiger partial charge in [-0.3, -0.25) is 9.69 Å². The lowest BCUT2D eigenvalue weighted by atomic mass is 9.86. The Morgan fingerprint density at radius 3 is 2.69 bits per heavy atom. The van der Waals surface area contributed by atoms with Gasteiger partial charge in [0, 0.05) is 24.7 Å². The molecule has 2 N–H and O–H groups in total. The Bertz CT molecular complexity index is 742. The van der Waals surface area contributed by atoms with E-state index < -0.39 is 16.0 Å². The molecule has 0 heterocycles. The fourth-order valence-electron chi connectivity index (χ4n) is 3.32. The van der Waals surface area contributed by atoms with E-state index in [1.54, 1.807) is 18.2 Å². The Morgan fingerprint density at radius 2 is 2.08 bits per heavy atom. The van der Waals surface area contributed by atoms with Crippen LogP contribution in [-0.4, -0.2) is 56.2 Å². The largest absolute Gasteiger partial charge is 0.494 e. The molecule has 0 saturated heterocycles. The van der Waals surface area contributed by atoms with Gasteiger partial charge in [-0.1, -0.05) is 6.07 Å². The Kier molecular flexibility index (Phi) is 5.84. The van der Waals surface area contributed by atoms with Gasteiger partial charge in [-0.2, -0.15) is 0 Å². The number of rotatable bonds is 10. The average Bonchev–Trinajstić information content (AvgIpc) is 3.34. The first-order chi connectivity index (χ1) is 12.4. The SMILES string of the molecule is CCOc1cccc(S(=O)(=O)NC2CC(N(CC(=O)O)CC3CC3)C2)c1. The molecule has 1 aromatic carbocycles. The summed E-state index contributed by atoms with van der Waals surface area (Å²) in [5, 5.41) is 9.09. The van der Waals surface area contributed by atoms with Crippen molar-refractivity contribution in [2.75, 3.05) is 19.7 Å². The van der Waals surface area contributed by atoms with Crippen molar-refractivity contribution < 1.29 is 23.1 Å². The smallest absolute Gasteiger partial charge is 0.317 e. The molecule has 0 aromatic heterocycles. The molecule has 0 spiro atoms. The molecule has 0 amide bonds. The van der Waals surface area contributed by atoms with Crippen molar-refractivity contribution >= 4 is 16.0 Å². The molecular weight excluding hydrogens is 356 g/mol. The van der Waals surface area contributed by atoms with Crippen molar-refractivity contribution in [2.24, 2.45) is 5.92 Å². The maximum Gasteiger partial charge on any atom is 0.317 e. The lowest BCUT2D eigenvalue weighted by Gasteiger charge is -2.42. The van der Waals surface area contributed by atoms with Crippen molar-refractivity contribution in [3.05, 3.63) is 24.3 Å². The zero-order valence-electron chi connectivity index (χ0n) is 14.9. The minimum absolute atomic E-state index is 0.0248. The minimum Gasteiger partial charge on any atom is -0.494 e. The van der Waals surface area contributed by atoms with Gasteiger partial charge in [0.2, 0.25) is 10.0 Å². The van der Waals surface area contributed by atoms with Crippen LogP contribution < -0.4 is 9.46 Å². The highest BCUT2D eigenvalue weighted by atomic mass is 32.2. The zero-order valence-corrected chi connectivity index (χ0v) is 15.7. The molecule has 26 heavy (non-hydrogen) atoms. The van der Waals surface area contributed by atoms with Gasteiger partial charge >= 0.3 is 5.97 Å². The standard InChI is InChI=1S/C18H26N2O5S/c1-2-25-16-4-3-5-17(10-16)26(23,24)19-14-8-15(9-14)20(12-18(21)22)11-13-6-7-13/h3-5,10,13-15,19H,2,6-9,11-12H2,1H3,(H,21,22). The van der Waals surface area contributed by atoms with E-state index in [0.29, 0.717) is 31.1 Å². The molecule has 1 aromatic rings. The van der Waals surface area contributed by atoms with E-state index in [4.69, 9.17) is 9.84 Å². The van der Waals surface area contributed by atoms with Gasteiger partial charge in [-0.15, -0.1) is 0 Å². The van der Waals surface area contributed by atoms with Crippen LogP contribution in [0.2, 0.25) is 0 Å². The quantitative estimate of drug-likeness (QED) is 0.639. The minimum atomic E-state index is -3.61. The van der Waals surface area contributed by atoms with Crippen molar-refractivity contribution in [3.63, 3.8) is 0 Å². The molecule has 144 valence electrons. The summed E-state index contributed by atoms with van der Waals surface area (Å²) in [4.78, 5) is 13.2. The summed E-state index contributed by atoms with van der Waals surface area (Å²) in [7, 11) is -3.61. The van der Waals surface area contributed by atoms with Crippen LogP contribution in [0.15, 0.2) is 29.2 Å². The molecule has 0 unspecified atom stereocenters. The highest BCUT2D eigenvalue weighted by Gasteiger charge is 2.38. The van der Waals surface area contributed by atoms with Gasteiger partial charge in [-0.25, -0.2) is 13.1 Å². The molecule has 7 nitrogen and oxygen atoms in total. The fraction of sp³-hybridized carbons (Fsp3) is 0.611. The Morgan fingerprint density at radius 1 is 1.35 bits per heavy atom. The van der Waals surface area contributed by atoms with Crippen molar-refractivity contribution in [1.82, 2.24) is 9.62 Å². The predicted octanol–water partition coefficient (Wildman–Crippen LogP) is 1.69. The van der Waals surface area contributed by atoms with Crippen molar-refractivity contribution in [1.29, 1.82) is 0 Å². The number of carbonyl (C=O) groups is 1. The fourth-order valence-corrected chi connectivity index (χ4v) is 4.61. The van der Waals surface area contributed by atoms with Crippen LogP contribution in [0.4, 0.5) is 0 Å². The summed E-state index contributed by atoms with van der Waals surface area (Å²) in [6.07, 6.45) is 3.61. The summed E-state index contributed by atoms with van der Waals surface area (Å²) in [6, 6.07) is 6.43. The number of ether oxygens (including phenoxy) is 1. The summed E-state index contributed by atoms with van der Waals surface area (Å²) in [6.45, 7) is 3.14. The maximum absolute atomic E-state index is 12.6. The number of carboxylic acids is 1. The normalized spacial score (nSPS) is 22.8. The van der Waals surface area contributed by atoms with Crippen LogP contribution in [-0.2, 0) is 14.8 Å². The second-order valence-corrected chi connectivity index (χ2v) is 8.83. The van der Waals surface area contributed by atoms with Gasteiger partial charge in [-0.05, 0) is 50.7 Å². The third kappa shape index (κ3) is 4.96. The molecule has 2 aliphatic carbocycles. The van der Waals surface area contributed by atoms with Crippen LogP contribution in [0.3, 0.4) is 0 Å². The second-order valence-electron chi connectivity index (χ2n) is 7.12. The van der Waals surface area contributed by atoms with E-state index in [1.807, 2.05) is 11.8 Å². The summed E-state index contributed by atoms with van der Waals surface area (Å²) >= 11 is 0. The second kappa shape index (κ2) is 7.94. The molecule has 0 bridgehead atoms. The molecule has 0 aliphatic heterocycles. The van der Waals surface area contributed by atoms with Crippen molar-refractivity contribution in [3.8, 4) is 5.75 Å². The third-order valence-corrected chi connectivity index (χ3v) is 6.42. The van der Waals surface area contributed by atoms with E-state index in [1.165, 1.54) is 6.07 Å². The van der Waals surface area contributed by atoms with E-state index in [0.717, 1.165) is 19.4 Å². The zero-order chi connectivity index (χ0) is 18.7. The number of aliphatic carboxylic acids is 1. The van der Waals surface area contributed by atoms with Gasteiger partial charge in [0.15, 0.2) is 0 Å². The van der Waals surface area contributed by atoms with E-state index >= 15 is 0 Å². The Labute approximate surface area is 154 Å².